The summed E-state index contributed by atoms with van der Waals surface area (Å²) < 4.78 is 0. The lowest BCUT2D eigenvalue weighted by molar-refractivity contribution is -0.251. The first-order valence-electron chi connectivity index (χ1n) is 9.51. The second kappa shape index (κ2) is 4.63. The Labute approximate surface area is 146 Å². The van der Waals surface area contributed by atoms with E-state index in [0.29, 0.717) is 22.2 Å². The van der Waals surface area contributed by atoms with E-state index >= 15 is 0 Å². The highest BCUT2D eigenvalue weighted by molar-refractivity contribution is 5.40. The van der Waals surface area contributed by atoms with E-state index in [1.807, 2.05) is 0 Å². The molecule has 0 aliphatic heterocycles. The van der Waals surface area contributed by atoms with E-state index in [-0.39, 0.29) is 5.41 Å². The molecule has 0 radical (unpaired) electrons. The smallest absolute Gasteiger partial charge is 0.0624 e. The Balaban J connectivity index is 1.59. The number of pyridine rings is 1. The molecule has 2 heteroatoms. The Morgan fingerprint density at radius 2 is 1.83 bits per heavy atom. The number of nitrogens with zero attached hydrogens (tertiary/aromatic N) is 2. The van der Waals surface area contributed by atoms with Crippen LogP contribution in [-0.2, 0) is 5.41 Å². The van der Waals surface area contributed by atoms with Gasteiger partial charge < -0.3 is 0 Å². The van der Waals surface area contributed by atoms with Crippen LogP contribution < -0.4 is 0 Å². The average molecular weight is 322 g/mol. The average Bonchev–Trinajstić information content (AvgIpc) is 2.59. The topological polar surface area (TPSA) is 36.7 Å². The summed E-state index contributed by atoms with van der Waals surface area (Å²) in [5.41, 5.74) is 5.36. The summed E-state index contributed by atoms with van der Waals surface area (Å²) in [5, 5.41) is 9.20. The van der Waals surface area contributed by atoms with E-state index in [2.05, 4.69) is 52.8 Å². The van der Waals surface area contributed by atoms with E-state index in [4.69, 9.17) is 4.98 Å². The number of hydrogen-bond acceptors (Lipinski definition) is 2. The maximum absolute atomic E-state index is 9.20. The first-order chi connectivity index (χ1) is 11.2. The predicted octanol–water partition coefficient (Wildman–Crippen LogP) is 5.48. The van der Waals surface area contributed by atoms with Crippen molar-refractivity contribution in [2.24, 2.45) is 22.2 Å². The first-order valence-corrected chi connectivity index (χ1v) is 9.51. The second-order valence-corrected chi connectivity index (χ2v) is 9.91. The van der Waals surface area contributed by atoms with Gasteiger partial charge in [0.2, 0.25) is 0 Å². The first kappa shape index (κ1) is 16.1. The number of rotatable bonds is 3. The molecule has 5 rings (SSSR count). The maximum atomic E-state index is 9.20. The lowest BCUT2D eigenvalue weighted by Crippen LogP contribution is -2.72. The summed E-state index contributed by atoms with van der Waals surface area (Å²) in [7, 11) is 0. The molecule has 0 N–H and O–H groups in total. The highest BCUT2D eigenvalue weighted by atomic mass is 14.9. The Morgan fingerprint density at radius 1 is 1.17 bits per heavy atom. The fraction of sp³-hybridized carbons (Fsp3) is 0.727. The molecule has 4 fully saturated rings. The van der Waals surface area contributed by atoms with Crippen LogP contribution in [0.15, 0.2) is 12.1 Å². The van der Waals surface area contributed by atoms with Gasteiger partial charge in [0, 0.05) is 23.2 Å². The molecule has 2 bridgehead atoms. The van der Waals surface area contributed by atoms with Gasteiger partial charge >= 0.3 is 0 Å². The van der Waals surface area contributed by atoms with E-state index < -0.39 is 0 Å². The van der Waals surface area contributed by atoms with Crippen molar-refractivity contribution >= 4 is 0 Å². The SMILES string of the molecule is Cc1cc(C)nc(C23CC(C4(C)CCC(CC#N)C4(C)C)(C2)C3)c1. The molecule has 0 amide bonds. The Hall–Kier alpha value is -1.36. The van der Waals surface area contributed by atoms with Gasteiger partial charge in [-0.05, 0) is 85.8 Å². The van der Waals surface area contributed by atoms with E-state index in [1.165, 1.54) is 43.4 Å². The molecule has 128 valence electrons. The fourth-order valence-corrected chi connectivity index (χ4v) is 6.77. The maximum Gasteiger partial charge on any atom is 0.0624 e. The Bertz CT molecular complexity index is 699. The third kappa shape index (κ3) is 1.74. The minimum Gasteiger partial charge on any atom is -0.258 e. The Kier molecular flexibility index (Phi) is 3.11. The van der Waals surface area contributed by atoms with Crippen LogP contribution in [0, 0.1) is 47.3 Å². The molecule has 1 heterocycles. The van der Waals surface area contributed by atoms with Crippen molar-refractivity contribution in [1.82, 2.24) is 4.98 Å². The van der Waals surface area contributed by atoms with Crippen LogP contribution >= 0.6 is 0 Å². The summed E-state index contributed by atoms with van der Waals surface area (Å²) in [4.78, 5) is 4.88. The van der Waals surface area contributed by atoms with Gasteiger partial charge in [0.05, 0.1) is 6.07 Å². The standard InChI is InChI=1S/C22H30N2/c1-15-10-16(2)24-18(11-15)21-12-22(13-21,14-21)20(5)8-6-17(7-9-23)19(20,3)4/h10-11,17H,6-8,12-14H2,1-5H3. The monoisotopic (exact) mass is 322 g/mol. The molecular formula is C22H30N2. The van der Waals surface area contributed by atoms with Crippen LogP contribution in [0.5, 0.6) is 0 Å². The molecule has 2 atom stereocenters. The molecule has 4 aliphatic rings. The van der Waals surface area contributed by atoms with Crippen LogP contribution in [0.3, 0.4) is 0 Å². The molecule has 0 aromatic carbocycles. The number of aromatic nitrogens is 1. The van der Waals surface area contributed by atoms with Crippen LogP contribution in [-0.4, -0.2) is 4.98 Å². The third-order valence-corrected chi connectivity index (χ3v) is 8.62. The zero-order valence-corrected chi connectivity index (χ0v) is 15.9. The normalized spacial score (nSPS) is 42.1. The molecule has 0 spiro atoms. The molecule has 1 aromatic heterocycles. The molecule has 4 saturated carbocycles. The summed E-state index contributed by atoms with van der Waals surface area (Å²) in [6.07, 6.45) is 7.19. The van der Waals surface area contributed by atoms with E-state index in [1.54, 1.807) is 0 Å². The predicted molar refractivity (Wildman–Crippen MR) is 96.5 cm³/mol. The van der Waals surface area contributed by atoms with E-state index in [9.17, 15) is 5.26 Å². The largest absolute Gasteiger partial charge is 0.258 e. The summed E-state index contributed by atoms with van der Waals surface area (Å²) in [5.74, 6) is 0.566. The van der Waals surface area contributed by atoms with Crippen LogP contribution in [0.25, 0.3) is 0 Å². The van der Waals surface area contributed by atoms with Crippen LogP contribution in [0.4, 0.5) is 0 Å². The van der Waals surface area contributed by atoms with Gasteiger partial charge in [0.1, 0.15) is 0 Å². The molecule has 0 saturated heterocycles. The molecule has 24 heavy (non-hydrogen) atoms. The van der Waals surface area contributed by atoms with Gasteiger partial charge in [-0.25, -0.2) is 0 Å². The molecule has 4 aliphatic carbocycles. The van der Waals surface area contributed by atoms with Crippen molar-refractivity contribution < 1.29 is 0 Å². The van der Waals surface area contributed by atoms with Crippen molar-refractivity contribution in [3.8, 4) is 6.07 Å². The molecular weight excluding hydrogens is 292 g/mol. The molecule has 2 unspecified atom stereocenters. The summed E-state index contributed by atoms with van der Waals surface area (Å²) in [6.45, 7) is 11.7. The van der Waals surface area contributed by atoms with Gasteiger partial charge in [0.25, 0.3) is 0 Å². The van der Waals surface area contributed by atoms with Crippen molar-refractivity contribution in [1.29, 1.82) is 5.26 Å². The van der Waals surface area contributed by atoms with Crippen LogP contribution in [0.1, 0.15) is 76.2 Å². The molecule has 1 aromatic rings. The van der Waals surface area contributed by atoms with Gasteiger partial charge in [-0.2, -0.15) is 5.26 Å². The second-order valence-electron chi connectivity index (χ2n) is 9.91. The molecule has 2 nitrogen and oxygen atoms in total. The Morgan fingerprint density at radius 3 is 2.42 bits per heavy atom. The minimum absolute atomic E-state index is 0.269. The number of nitriles is 1. The summed E-state index contributed by atoms with van der Waals surface area (Å²) >= 11 is 0. The number of hydrogen-bond donors (Lipinski definition) is 0. The van der Waals surface area contributed by atoms with Crippen molar-refractivity contribution in [3.05, 3.63) is 29.1 Å². The van der Waals surface area contributed by atoms with Gasteiger partial charge in [-0.1, -0.05) is 20.8 Å². The van der Waals surface area contributed by atoms with Crippen molar-refractivity contribution in [3.63, 3.8) is 0 Å². The van der Waals surface area contributed by atoms with Crippen molar-refractivity contribution in [2.45, 2.75) is 78.6 Å². The highest BCUT2D eigenvalue weighted by Crippen LogP contribution is 2.84. The zero-order chi connectivity index (χ0) is 17.4. The van der Waals surface area contributed by atoms with E-state index in [0.717, 1.165) is 12.1 Å². The minimum atomic E-state index is 0.269. The lowest BCUT2D eigenvalue weighted by atomic mass is 9.26. The van der Waals surface area contributed by atoms with Gasteiger partial charge in [-0.3, -0.25) is 4.98 Å². The van der Waals surface area contributed by atoms with Gasteiger partial charge in [0.15, 0.2) is 0 Å². The van der Waals surface area contributed by atoms with Gasteiger partial charge in [-0.15, -0.1) is 0 Å². The lowest BCUT2D eigenvalue weighted by Gasteiger charge is -2.78. The summed E-state index contributed by atoms with van der Waals surface area (Å²) in [6, 6.07) is 6.93. The zero-order valence-electron chi connectivity index (χ0n) is 15.9. The third-order valence-electron chi connectivity index (χ3n) is 8.62. The van der Waals surface area contributed by atoms with Crippen molar-refractivity contribution in [2.75, 3.05) is 0 Å². The fourth-order valence-electron chi connectivity index (χ4n) is 6.77. The number of aryl methyl sites for hydroxylation is 2. The quantitative estimate of drug-likeness (QED) is 0.739. The highest BCUT2D eigenvalue weighted by Gasteiger charge is 2.78. The van der Waals surface area contributed by atoms with Crippen LogP contribution in [0.2, 0.25) is 0 Å².